The van der Waals surface area contributed by atoms with Crippen LogP contribution in [-0.2, 0) is 16.1 Å². The number of hydrogen-bond donors (Lipinski definition) is 2. The summed E-state index contributed by atoms with van der Waals surface area (Å²) in [6.07, 6.45) is 0.720. The molecule has 4 amide bonds. The maximum Gasteiger partial charge on any atom is 0.262 e. The molecule has 3 aliphatic heterocycles. The number of alkyl halides is 1. The van der Waals surface area contributed by atoms with Gasteiger partial charge < -0.3 is 10.0 Å². The zero-order valence-electron chi connectivity index (χ0n) is 27.8. The lowest BCUT2D eigenvalue weighted by atomic mass is 9.88. The zero-order valence-corrected chi connectivity index (χ0v) is 28.5. The Morgan fingerprint density at radius 3 is 2.06 bits per heavy atom. The topological polar surface area (TPSA) is 110 Å². The van der Waals surface area contributed by atoms with E-state index in [1.807, 2.05) is 30.3 Å². The van der Waals surface area contributed by atoms with Crippen LogP contribution in [0, 0.1) is 5.82 Å². The predicted molar refractivity (Wildman–Crippen MR) is 193 cm³/mol. The molecule has 1 atom stereocenters. The van der Waals surface area contributed by atoms with Crippen LogP contribution in [0.2, 0.25) is 0 Å². The highest BCUT2D eigenvalue weighted by atomic mass is 35.5. The molecule has 0 bridgehead atoms. The van der Waals surface area contributed by atoms with Crippen molar-refractivity contribution in [3.8, 4) is 5.75 Å². The van der Waals surface area contributed by atoms with Gasteiger partial charge in [-0.05, 0) is 77.1 Å². The molecule has 0 radical (unpaired) electrons. The molecule has 0 spiro atoms. The summed E-state index contributed by atoms with van der Waals surface area (Å²) in [6, 6.07) is 27.2. The maximum atomic E-state index is 15.3. The van der Waals surface area contributed by atoms with E-state index in [9.17, 15) is 24.3 Å². The largest absolute Gasteiger partial charge is 0.508 e. The molecule has 0 aliphatic carbocycles. The van der Waals surface area contributed by atoms with Crippen molar-refractivity contribution in [3.05, 3.63) is 130 Å². The van der Waals surface area contributed by atoms with E-state index in [0.717, 1.165) is 44.5 Å². The number of phenolic OH excluding ortho intramolecular Hbond substituents is 1. The predicted octanol–water partition coefficient (Wildman–Crippen LogP) is 5.84. The van der Waals surface area contributed by atoms with Crippen LogP contribution in [0.1, 0.15) is 62.2 Å². The van der Waals surface area contributed by atoms with Gasteiger partial charge in [-0.3, -0.25) is 34.3 Å². The molecule has 2 fully saturated rings. The molecule has 0 aromatic heterocycles. The highest BCUT2D eigenvalue weighted by Gasteiger charge is 2.45. The van der Waals surface area contributed by atoms with E-state index in [0.29, 0.717) is 44.0 Å². The quantitative estimate of drug-likeness (QED) is 0.128. The number of carbonyl (C=O) groups excluding carboxylic acids is 4. The second kappa shape index (κ2) is 14.5. The van der Waals surface area contributed by atoms with E-state index in [4.69, 9.17) is 11.6 Å². The van der Waals surface area contributed by atoms with Crippen molar-refractivity contribution in [2.24, 2.45) is 0 Å². The fourth-order valence-electron chi connectivity index (χ4n) is 7.19. The van der Waals surface area contributed by atoms with Crippen molar-refractivity contribution < 1.29 is 28.7 Å². The Bertz CT molecular complexity index is 2030. The molecule has 1 unspecified atom stereocenters. The molecular formula is C40H36ClFN4O5. The average molecular weight is 707 g/mol. The van der Waals surface area contributed by atoms with Crippen LogP contribution >= 0.6 is 11.6 Å². The lowest BCUT2D eigenvalue weighted by Gasteiger charge is -2.36. The first-order chi connectivity index (χ1) is 24.7. The number of halogens is 2. The van der Waals surface area contributed by atoms with Gasteiger partial charge in [0.2, 0.25) is 11.8 Å². The summed E-state index contributed by atoms with van der Waals surface area (Å²) in [7, 11) is 0. The first-order valence-corrected chi connectivity index (χ1v) is 17.5. The second-order valence-electron chi connectivity index (χ2n) is 13.0. The van der Waals surface area contributed by atoms with E-state index in [-0.39, 0.29) is 36.3 Å². The Hall–Kier alpha value is -5.32. The standard InChI is InChI=1S/C40H36ClFN4O5/c41-17-16-31(25-4-2-1-3-5-25)37(27-8-12-30(47)13-9-27)26-6-10-29(11-7-26)45-20-18-44(19-21-45)24-28-22-32-33(23-34(28)42)40(51)46(39(32)50)35-14-15-36(48)43-38(35)49/h1-13,22-23,35,47H,14-21,24H2,(H,43,48,49). The van der Waals surface area contributed by atoms with E-state index in [2.05, 4.69) is 51.5 Å². The van der Waals surface area contributed by atoms with Gasteiger partial charge in [-0.15, -0.1) is 11.6 Å². The molecule has 3 aliphatic rings. The van der Waals surface area contributed by atoms with Crippen LogP contribution in [-0.4, -0.2) is 76.6 Å². The van der Waals surface area contributed by atoms with E-state index in [1.54, 1.807) is 12.1 Å². The van der Waals surface area contributed by atoms with Gasteiger partial charge in [-0.25, -0.2) is 4.39 Å². The third-order valence-electron chi connectivity index (χ3n) is 9.82. The Labute approximate surface area is 299 Å². The number of rotatable bonds is 9. The SMILES string of the molecule is O=C1CCC(N2C(=O)c3cc(F)c(CN4CCN(c5ccc(C(=C(CCCl)c6ccccc6)c6ccc(O)cc6)cc5)CC4)cc3C2=O)C(=O)N1. The van der Waals surface area contributed by atoms with Crippen LogP contribution in [0.3, 0.4) is 0 Å². The molecule has 0 saturated carbocycles. The number of nitrogens with zero attached hydrogens (tertiary/aromatic N) is 3. The van der Waals surface area contributed by atoms with Crippen molar-refractivity contribution in [2.75, 3.05) is 37.0 Å². The van der Waals surface area contributed by atoms with Crippen molar-refractivity contribution >= 4 is 52.1 Å². The fraction of sp³-hybridized carbons (Fsp3) is 0.250. The van der Waals surface area contributed by atoms with Gasteiger partial charge in [0, 0.05) is 56.3 Å². The summed E-state index contributed by atoms with van der Waals surface area (Å²) in [4.78, 5) is 55.6. The highest BCUT2D eigenvalue weighted by Crippen LogP contribution is 2.36. The summed E-state index contributed by atoms with van der Waals surface area (Å²) >= 11 is 6.31. The smallest absolute Gasteiger partial charge is 0.262 e. The number of fused-ring (bicyclic) bond motifs is 1. The van der Waals surface area contributed by atoms with Gasteiger partial charge in [-0.1, -0.05) is 54.6 Å². The van der Waals surface area contributed by atoms with Gasteiger partial charge in [0.15, 0.2) is 0 Å². The van der Waals surface area contributed by atoms with Gasteiger partial charge in [0.1, 0.15) is 17.6 Å². The number of aromatic hydroxyl groups is 1. The first-order valence-electron chi connectivity index (χ1n) is 17.0. The molecule has 260 valence electrons. The van der Waals surface area contributed by atoms with Crippen molar-refractivity contribution in [1.82, 2.24) is 15.1 Å². The number of carbonyl (C=O) groups is 4. The molecule has 4 aromatic rings. The molecule has 3 heterocycles. The number of amides is 4. The normalized spacial score (nSPS) is 18.5. The highest BCUT2D eigenvalue weighted by molar-refractivity contribution is 6.23. The number of benzene rings is 4. The van der Waals surface area contributed by atoms with Crippen LogP contribution < -0.4 is 10.2 Å². The van der Waals surface area contributed by atoms with Crippen molar-refractivity contribution in [2.45, 2.75) is 31.8 Å². The second-order valence-corrected chi connectivity index (χ2v) is 13.3. The number of hydrogen-bond acceptors (Lipinski definition) is 7. The number of allylic oxidation sites excluding steroid dienone is 1. The lowest BCUT2D eigenvalue weighted by Crippen LogP contribution is -2.54. The lowest BCUT2D eigenvalue weighted by molar-refractivity contribution is -0.136. The molecule has 9 nitrogen and oxygen atoms in total. The Morgan fingerprint density at radius 2 is 1.43 bits per heavy atom. The van der Waals surface area contributed by atoms with Crippen LogP contribution in [0.5, 0.6) is 5.75 Å². The summed E-state index contributed by atoms with van der Waals surface area (Å²) in [6.45, 7) is 2.97. The summed E-state index contributed by atoms with van der Waals surface area (Å²) < 4.78 is 15.3. The van der Waals surface area contributed by atoms with E-state index < -0.39 is 35.5 Å². The number of piperazine rings is 1. The number of anilines is 1. The maximum absolute atomic E-state index is 15.3. The molecule has 2 N–H and O–H groups in total. The Morgan fingerprint density at radius 1 is 0.804 bits per heavy atom. The summed E-state index contributed by atoms with van der Waals surface area (Å²) in [5.41, 5.74) is 6.63. The molecule has 51 heavy (non-hydrogen) atoms. The fourth-order valence-corrected chi connectivity index (χ4v) is 7.38. The molecule has 11 heteroatoms. The van der Waals surface area contributed by atoms with E-state index in [1.165, 1.54) is 6.07 Å². The number of imide groups is 2. The van der Waals surface area contributed by atoms with E-state index >= 15 is 4.39 Å². The number of nitrogens with one attached hydrogen (secondary N) is 1. The van der Waals surface area contributed by atoms with Gasteiger partial charge in [-0.2, -0.15) is 0 Å². The minimum Gasteiger partial charge on any atom is -0.508 e. The number of phenols is 1. The van der Waals surface area contributed by atoms with Crippen LogP contribution in [0.25, 0.3) is 11.1 Å². The minimum atomic E-state index is -1.10. The average Bonchev–Trinajstić information content (AvgIpc) is 3.37. The third kappa shape index (κ3) is 6.89. The van der Waals surface area contributed by atoms with Gasteiger partial charge >= 0.3 is 0 Å². The molecule has 4 aromatic carbocycles. The minimum absolute atomic E-state index is 0.0151. The molecular weight excluding hydrogens is 671 g/mol. The zero-order chi connectivity index (χ0) is 35.6. The first kappa shape index (κ1) is 34.1. The monoisotopic (exact) mass is 706 g/mol. The molecule has 2 saturated heterocycles. The third-order valence-corrected chi connectivity index (χ3v) is 10.0. The van der Waals surface area contributed by atoms with Crippen molar-refractivity contribution in [1.29, 1.82) is 0 Å². The van der Waals surface area contributed by atoms with Crippen LogP contribution in [0.4, 0.5) is 10.1 Å². The summed E-state index contributed by atoms with van der Waals surface area (Å²) in [5, 5.41) is 12.2. The Kier molecular flexibility index (Phi) is 9.71. The van der Waals surface area contributed by atoms with Crippen LogP contribution in [0.15, 0.2) is 91.0 Å². The van der Waals surface area contributed by atoms with Crippen molar-refractivity contribution in [3.63, 3.8) is 0 Å². The van der Waals surface area contributed by atoms with Gasteiger partial charge in [0.05, 0.1) is 11.1 Å². The Balaban J connectivity index is 1.05. The van der Waals surface area contributed by atoms with Gasteiger partial charge in [0.25, 0.3) is 11.8 Å². The number of piperidine rings is 1. The summed E-state index contributed by atoms with van der Waals surface area (Å²) in [5.74, 6) is -2.46. The molecule has 7 rings (SSSR count).